The fourth-order valence-corrected chi connectivity index (χ4v) is 2.68. The number of nitro groups is 1. The molecule has 1 amide bonds. The van der Waals surface area contributed by atoms with Gasteiger partial charge >= 0.3 is 5.97 Å². The first-order valence-corrected chi connectivity index (χ1v) is 6.68. The van der Waals surface area contributed by atoms with Crippen molar-refractivity contribution in [1.82, 2.24) is 4.90 Å². The summed E-state index contributed by atoms with van der Waals surface area (Å²) in [5, 5.41) is 30.0. The summed E-state index contributed by atoms with van der Waals surface area (Å²) in [7, 11) is 0. The molecule has 2 N–H and O–H groups in total. The fourth-order valence-electron chi connectivity index (χ4n) is 2.68. The number of aliphatic carboxylic acids is 1. The minimum atomic E-state index is -1.28. The molecule has 10 heteroatoms. The number of benzene rings is 1. The minimum Gasteiger partial charge on any atom is -0.480 e. The van der Waals surface area contributed by atoms with Gasteiger partial charge in [-0.3, -0.25) is 14.9 Å². The molecule has 1 aromatic rings. The molecule has 2 aliphatic heterocycles. The maximum atomic E-state index is 12.6. The van der Waals surface area contributed by atoms with Crippen LogP contribution >= 0.6 is 0 Å². The zero-order chi connectivity index (χ0) is 16.7. The van der Waals surface area contributed by atoms with Gasteiger partial charge in [0.25, 0.3) is 11.6 Å². The van der Waals surface area contributed by atoms with Crippen molar-refractivity contribution in [3.63, 3.8) is 0 Å². The molecule has 23 heavy (non-hydrogen) atoms. The summed E-state index contributed by atoms with van der Waals surface area (Å²) in [4.78, 5) is 35.2. The molecule has 1 saturated heterocycles. The third-order valence-electron chi connectivity index (χ3n) is 3.74. The zero-order valence-electron chi connectivity index (χ0n) is 11.7. The van der Waals surface area contributed by atoms with Crippen molar-refractivity contribution in [3.05, 3.63) is 27.8 Å². The van der Waals surface area contributed by atoms with Crippen LogP contribution in [0.1, 0.15) is 16.8 Å². The van der Waals surface area contributed by atoms with Crippen LogP contribution in [0.4, 0.5) is 5.69 Å². The van der Waals surface area contributed by atoms with E-state index in [9.17, 15) is 24.8 Å². The maximum Gasteiger partial charge on any atom is 0.326 e. The van der Waals surface area contributed by atoms with E-state index in [-0.39, 0.29) is 36.8 Å². The molecule has 10 nitrogen and oxygen atoms in total. The molecule has 0 bridgehead atoms. The molecule has 2 unspecified atom stereocenters. The summed E-state index contributed by atoms with van der Waals surface area (Å²) < 4.78 is 10.1. The molecule has 0 saturated carbocycles. The Labute approximate surface area is 129 Å². The first-order valence-electron chi connectivity index (χ1n) is 6.68. The number of hydrogen-bond donors (Lipinski definition) is 2. The Kier molecular flexibility index (Phi) is 3.52. The molecule has 1 fully saturated rings. The lowest BCUT2D eigenvalue weighted by Gasteiger charge is -2.21. The van der Waals surface area contributed by atoms with Crippen LogP contribution < -0.4 is 9.47 Å². The number of amides is 1. The number of aliphatic hydroxyl groups is 1. The number of fused-ring (bicyclic) bond motifs is 1. The number of carboxylic acids is 1. The van der Waals surface area contributed by atoms with Crippen LogP contribution in [0.5, 0.6) is 11.5 Å². The third-order valence-corrected chi connectivity index (χ3v) is 3.74. The lowest BCUT2D eigenvalue weighted by atomic mass is 10.1. The molecule has 0 aromatic heterocycles. The van der Waals surface area contributed by atoms with Crippen LogP contribution in [0.25, 0.3) is 0 Å². The number of carbonyl (C=O) groups excluding carboxylic acids is 1. The number of rotatable bonds is 3. The summed E-state index contributed by atoms with van der Waals surface area (Å²) in [6.07, 6.45) is -1.12. The van der Waals surface area contributed by atoms with Crippen molar-refractivity contribution >= 4 is 17.6 Å². The second kappa shape index (κ2) is 5.39. The highest BCUT2D eigenvalue weighted by Gasteiger charge is 2.41. The number of carbonyl (C=O) groups is 2. The highest BCUT2D eigenvalue weighted by atomic mass is 16.7. The molecule has 0 radical (unpaired) electrons. The van der Waals surface area contributed by atoms with Gasteiger partial charge < -0.3 is 24.6 Å². The van der Waals surface area contributed by atoms with Crippen LogP contribution in [-0.4, -0.2) is 57.4 Å². The van der Waals surface area contributed by atoms with Crippen molar-refractivity contribution in [1.29, 1.82) is 0 Å². The third kappa shape index (κ3) is 2.52. The topological polar surface area (TPSA) is 139 Å². The molecular formula is C13H12N2O8. The number of nitrogens with zero attached hydrogens (tertiary/aromatic N) is 2. The summed E-state index contributed by atoms with van der Waals surface area (Å²) >= 11 is 0. The number of β-amino-alcohol motifs (C(OH)–C–C–N with tert-alkyl or cyclic N) is 1. The summed E-state index contributed by atoms with van der Waals surface area (Å²) in [5.74, 6) is -1.81. The molecule has 2 heterocycles. The van der Waals surface area contributed by atoms with E-state index in [1.54, 1.807) is 0 Å². The second-order valence-corrected chi connectivity index (χ2v) is 5.18. The molecule has 0 aliphatic carbocycles. The Balaban J connectivity index is 2.02. The van der Waals surface area contributed by atoms with E-state index in [1.165, 1.54) is 0 Å². The van der Waals surface area contributed by atoms with E-state index >= 15 is 0 Å². The van der Waals surface area contributed by atoms with Crippen LogP contribution in [0.3, 0.4) is 0 Å². The number of nitro benzene ring substituents is 1. The van der Waals surface area contributed by atoms with Gasteiger partial charge in [-0.25, -0.2) is 4.79 Å². The van der Waals surface area contributed by atoms with E-state index in [2.05, 4.69) is 0 Å². The van der Waals surface area contributed by atoms with Gasteiger partial charge in [0.2, 0.25) is 6.79 Å². The monoisotopic (exact) mass is 324 g/mol. The Hall–Kier alpha value is -2.88. The molecule has 1 aromatic carbocycles. The Bertz CT molecular complexity index is 703. The molecule has 122 valence electrons. The maximum absolute atomic E-state index is 12.6. The quantitative estimate of drug-likeness (QED) is 0.584. The lowest BCUT2D eigenvalue weighted by Crippen LogP contribution is -2.40. The number of carboxylic acid groups (broad SMARTS) is 1. The van der Waals surface area contributed by atoms with Crippen LogP contribution in [-0.2, 0) is 4.79 Å². The fraction of sp³-hybridized carbons (Fsp3) is 0.385. The van der Waals surface area contributed by atoms with E-state index < -0.39 is 34.6 Å². The highest BCUT2D eigenvalue weighted by Crippen LogP contribution is 2.39. The average Bonchev–Trinajstić information content (AvgIpc) is 3.10. The smallest absolute Gasteiger partial charge is 0.326 e. The molecule has 0 spiro atoms. The normalized spacial score (nSPS) is 22.2. The van der Waals surface area contributed by atoms with Gasteiger partial charge in [0, 0.05) is 19.0 Å². The van der Waals surface area contributed by atoms with Gasteiger partial charge in [-0.1, -0.05) is 0 Å². The summed E-state index contributed by atoms with van der Waals surface area (Å²) in [6.45, 7) is -0.328. The van der Waals surface area contributed by atoms with Crippen molar-refractivity contribution < 1.29 is 34.2 Å². The average molecular weight is 324 g/mol. The lowest BCUT2D eigenvalue weighted by molar-refractivity contribution is -0.385. The van der Waals surface area contributed by atoms with E-state index in [4.69, 9.17) is 14.6 Å². The largest absolute Gasteiger partial charge is 0.480 e. The van der Waals surface area contributed by atoms with Gasteiger partial charge in [-0.05, 0) is 0 Å². The molecule has 2 atom stereocenters. The number of hydrogen-bond acceptors (Lipinski definition) is 7. The van der Waals surface area contributed by atoms with Gasteiger partial charge in [0.1, 0.15) is 11.6 Å². The predicted octanol–water partition coefficient (Wildman–Crippen LogP) is -0.0165. The van der Waals surface area contributed by atoms with Crippen LogP contribution in [0.2, 0.25) is 0 Å². The SMILES string of the molecule is O=C(O)C1CC(O)CN1C(=O)c1cc2c(cc1[N+](=O)[O-])OCO2. The number of likely N-dealkylation sites (tertiary alicyclic amines) is 1. The molecular weight excluding hydrogens is 312 g/mol. The van der Waals surface area contributed by atoms with Gasteiger partial charge in [0.05, 0.1) is 17.1 Å². The van der Waals surface area contributed by atoms with Crippen molar-refractivity contribution in [2.24, 2.45) is 0 Å². The van der Waals surface area contributed by atoms with Gasteiger partial charge in [-0.2, -0.15) is 0 Å². The summed E-state index contributed by atoms with van der Waals surface area (Å²) in [5.41, 5.74) is -0.815. The molecule has 3 rings (SSSR count). The second-order valence-electron chi connectivity index (χ2n) is 5.18. The first-order chi connectivity index (χ1) is 10.9. The first kappa shape index (κ1) is 15.0. The van der Waals surface area contributed by atoms with Crippen molar-refractivity contribution in [2.45, 2.75) is 18.6 Å². The van der Waals surface area contributed by atoms with E-state index in [0.717, 1.165) is 17.0 Å². The van der Waals surface area contributed by atoms with Gasteiger partial charge in [-0.15, -0.1) is 0 Å². The number of ether oxygens (including phenoxy) is 2. The summed E-state index contributed by atoms with van der Waals surface area (Å²) in [6, 6.07) is 0.993. The number of aliphatic hydroxyl groups excluding tert-OH is 1. The van der Waals surface area contributed by atoms with Crippen molar-refractivity contribution in [3.8, 4) is 11.5 Å². The van der Waals surface area contributed by atoms with Crippen molar-refractivity contribution in [2.75, 3.05) is 13.3 Å². The standard InChI is InChI=1S/C13H12N2O8/c16-6-1-9(13(18)19)14(4-6)12(17)7-2-10-11(23-5-22-10)3-8(7)15(20)21/h2-3,6,9,16H,1,4-5H2,(H,18,19). The van der Waals surface area contributed by atoms with Gasteiger partial charge in [0.15, 0.2) is 11.5 Å². The highest BCUT2D eigenvalue weighted by molar-refractivity contribution is 6.01. The minimum absolute atomic E-state index is 0.121. The van der Waals surface area contributed by atoms with E-state index in [0.29, 0.717) is 0 Å². The van der Waals surface area contributed by atoms with E-state index in [1.807, 2.05) is 0 Å². The Morgan fingerprint density at radius 2 is 1.96 bits per heavy atom. The Morgan fingerprint density at radius 1 is 1.30 bits per heavy atom. The predicted molar refractivity (Wildman–Crippen MR) is 72.3 cm³/mol. The van der Waals surface area contributed by atoms with Crippen LogP contribution in [0.15, 0.2) is 12.1 Å². The molecule has 2 aliphatic rings. The Morgan fingerprint density at radius 3 is 2.57 bits per heavy atom. The van der Waals surface area contributed by atoms with Crippen LogP contribution in [0, 0.1) is 10.1 Å². The zero-order valence-corrected chi connectivity index (χ0v) is 11.7.